The van der Waals surface area contributed by atoms with Crippen molar-refractivity contribution in [1.29, 1.82) is 5.26 Å². The van der Waals surface area contributed by atoms with Crippen LogP contribution in [0.4, 0.5) is 4.39 Å². The van der Waals surface area contributed by atoms with E-state index < -0.39 is 5.82 Å². The first-order chi connectivity index (χ1) is 10.3. The molecule has 0 fully saturated rings. The molecule has 0 unspecified atom stereocenters. The van der Waals surface area contributed by atoms with E-state index in [1.165, 1.54) is 18.5 Å². The molecule has 6 heteroatoms. The van der Waals surface area contributed by atoms with E-state index in [1.807, 2.05) is 6.07 Å². The average molecular weight is 280 g/mol. The molecular weight excluding hydrogens is 271 g/mol. The van der Waals surface area contributed by atoms with Gasteiger partial charge in [-0.2, -0.15) is 10.4 Å². The summed E-state index contributed by atoms with van der Waals surface area (Å²) in [6.07, 6.45) is 2.98. The standard InChI is InChI=1S/C15H9FN4O/c16-14-5-2-6-15(13(14)8-17)21-12-4-1-3-11(7-12)20-10-18-9-19-20/h1-7,9-10H. The largest absolute Gasteiger partial charge is 0.456 e. The molecule has 0 aliphatic carbocycles. The van der Waals surface area contributed by atoms with Gasteiger partial charge < -0.3 is 4.74 Å². The van der Waals surface area contributed by atoms with Gasteiger partial charge in [-0.3, -0.25) is 0 Å². The quantitative estimate of drug-likeness (QED) is 0.739. The fourth-order valence-electron chi connectivity index (χ4n) is 1.86. The van der Waals surface area contributed by atoms with Crippen molar-refractivity contribution in [1.82, 2.24) is 14.8 Å². The van der Waals surface area contributed by atoms with E-state index >= 15 is 0 Å². The van der Waals surface area contributed by atoms with Gasteiger partial charge in [-0.15, -0.1) is 0 Å². The molecular formula is C15H9FN4O. The predicted molar refractivity (Wildman–Crippen MR) is 72.5 cm³/mol. The molecule has 1 aromatic heterocycles. The van der Waals surface area contributed by atoms with Gasteiger partial charge in [-0.1, -0.05) is 12.1 Å². The maximum Gasteiger partial charge on any atom is 0.148 e. The Balaban J connectivity index is 1.95. The van der Waals surface area contributed by atoms with Gasteiger partial charge in [0.1, 0.15) is 41.6 Å². The van der Waals surface area contributed by atoms with Crippen molar-refractivity contribution in [2.45, 2.75) is 0 Å². The number of hydrogen-bond donors (Lipinski definition) is 0. The van der Waals surface area contributed by atoms with Crippen LogP contribution in [0.3, 0.4) is 0 Å². The number of benzene rings is 2. The van der Waals surface area contributed by atoms with Crippen molar-refractivity contribution in [3.63, 3.8) is 0 Å². The van der Waals surface area contributed by atoms with Crippen LogP contribution in [0.5, 0.6) is 11.5 Å². The zero-order chi connectivity index (χ0) is 14.7. The topological polar surface area (TPSA) is 63.7 Å². The van der Waals surface area contributed by atoms with E-state index in [-0.39, 0.29) is 11.3 Å². The van der Waals surface area contributed by atoms with Crippen LogP contribution in [0.15, 0.2) is 55.1 Å². The first kappa shape index (κ1) is 12.8. The second kappa shape index (κ2) is 5.43. The molecule has 0 radical (unpaired) electrons. The average Bonchev–Trinajstić information content (AvgIpc) is 3.02. The summed E-state index contributed by atoms with van der Waals surface area (Å²) in [4.78, 5) is 3.87. The number of hydrogen-bond acceptors (Lipinski definition) is 4. The van der Waals surface area contributed by atoms with Crippen LogP contribution < -0.4 is 4.74 Å². The second-order valence-electron chi connectivity index (χ2n) is 4.16. The summed E-state index contributed by atoms with van der Waals surface area (Å²) in [5, 5.41) is 13.0. The van der Waals surface area contributed by atoms with Crippen LogP contribution in [0.25, 0.3) is 5.69 Å². The van der Waals surface area contributed by atoms with E-state index in [9.17, 15) is 4.39 Å². The Kier molecular flexibility index (Phi) is 3.31. The molecule has 0 aliphatic heterocycles. The Morgan fingerprint density at radius 3 is 2.81 bits per heavy atom. The van der Waals surface area contributed by atoms with Gasteiger partial charge in [0, 0.05) is 6.07 Å². The molecule has 0 spiro atoms. The molecule has 5 nitrogen and oxygen atoms in total. The summed E-state index contributed by atoms with van der Waals surface area (Å²) in [5.41, 5.74) is 0.628. The Labute approximate surface area is 119 Å². The highest BCUT2D eigenvalue weighted by atomic mass is 19.1. The number of ether oxygens (including phenoxy) is 1. The van der Waals surface area contributed by atoms with Gasteiger partial charge in [-0.05, 0) is 24.3 Å². The van der Waals surface area contributed by atoms with Crippen LogP contribution in [-0.2, 0) is 0 Å². The fraction of sp³-hybridized carbons (Fsp3) is 0. The van der Waals surface area contributed by atoms with Gasteiger partial charge in [0.15, 0.2) is 0 Å². The van der Waals surface area contributed by atoms with Gasteiger partial charge in [0.2, 0.25) is 0 Å². The SMILES string of the molecule is N#Cc1c(F)cccc1Oc1cccc(-n2cncn2)c1. The molecule has 0 atom stereocenters. The minimum absolute atomic E-state index is 0.122. The summed E-state index contributed by atoms with van der Waals surface area (Å²) >= 11 is 0. The van der Waals surface area contributed by atoms with Crippen molar-refractivity contribution in [2.75, 3.05) is 0 Å². The van der Waals surface area contributed by atoms with Crippen LogP contribution in [0.1, 0.15) is 5.56 Å². The Morgan fingerprint density at radius 2 is 2.05 bits per heavy atom. The summed E-state index contributed by atoms with van der Waals surface area (Å²) in [6, 6.07) is 13.1. The van der Waals surface area contributed by atoms with E-state index in [2.05, 4.69) is 10.1 Å². The molecule has 0 saturated carbocycles. The molecule has 3 rings (SSSR count). The van der Waals surface area contributed by atoms with Crippen molar-refractivity contribution < 1.29 is 9.13 Å². The van der Waals surface area contributed by atoms with Gasteiger partial charge in [-0.25, -0.2) is 14.1 Å². The van der Waals surface area contributed by atoms with Crippen LogP contribution in [-0.4, -0.2) is 14.8 Å². The minimum atomic E-state index is -0.609. The molecule has 0 aliphatic rings. The first-order valence-corrected chi connectivity index (χ1v) is 6.09. The third-order valence-corrected chi connectivity index (χ3v) is 2.82. The number of rotatable bonds is 3. The second-order valence-corrected chi connectivity index (χ2v) is 4.16. The lowest BCUT2D eigenvalue weighted by Crippen LogP contribution is -1.96. The Morgan fingerprint density at radius 1 is 1.19 bits per heavy atom. The maximum atomic E-state index is 13.5. The molecule has 0 bridgehead atoms. The normalized spacial score (nSPS) is 10.1. The molecule has 2 aromatic carbocycles. The summed E-state index contributed by atoms with van der Waals surface area (Å²) in [6.45, 7) is 0. The third-order valence-electron chi connectivity index (χ3n) is 2.82. The highest BCUT2D eigenvalue weighted by molar-refractivity contribution is 5.47. The molecule has 0 N–H and O–H groups in total. The molecule has 0 amide bonds. The van der Waals surface area contributed by atoms with E-state index in [0.29, 0.717) is 5.75 Å². The van der Waals surface area contributed by atoms with E-state index in [0.717, 1.165) is 5.69 Å². The summed E-state index contributed by atoms with van der Waals surface area (Å²) in [5.74, 6) is 0.0424. The van der Waals surface area contributed by atoms with Crippen molar-refractivity contribution in [3.05, 3.63) is 66.5 Å². The lowest BCUT2D eigenvalue weighted by atomic mass is 10.2. The lowest BCUT2D eigenvalue weighted by molar-refractivity contribution is 0.474. The number of nitrogens with zero attached hydrogens (tertiary/aromatic N) is 4. The van der Waals surface area contributed by atoms with Crippen LogP contribution in [0.2, 0.25) is 0 Å². The summed E-state index contributed by atoms with van der Waals surface area (Å²) in [7, 11) is 0. The lowest BCUT2D eigenvalue weighted by Gasteiger charge is -2.09. The maximum absolute atomic E-state index is 13.5. The van der Waals surface area contributed by atoms with E-state index in [1.54, 1.807) is 41.3 Å². The monoisotopic (exact) mass is 280 g/mol. The number of nitriles is 1. The van der Waals surface area contributed by atoms with Crippen molar-refractivity contribution >= 4 is 0 Å². The Hall–Kier alpha value is -3.20. The van der Waals surface area contributed by atoms with Gasteiger partial charge >= 0.3 is 0 Å². The minimum Gasteiger partial charge on any atom is -0.456 e. The highest BCUT2D eigenvalue weighted by Gasteiger charge is 2.10. The van der Waals surface area contributed by atoms with Crippen molar-refractivity contribution in [2.24, 2.45) is 0 Å². The first-order valence-electron chi connectivity index (χ1n) is 6.09. The third kappa shape index (κ3) is 2.58. The van der Waals surface area contributed by atoms with Crippen LogP contribution in [0, 0.1) is 17.1 Å². The van der Waals surface area contributed by atoms with E-state index in [4.69, 9.17) is 10.00 Å². The van der Waals surface area contributed by atoms with Crippen LogP contribution >= 0.6 is 0 Å². The van der Waals surface area contributed by atoms with Gasteiger partial charge in [0.25, 0.3) is 0 Å². The Bertz CT molecular complexity index is 809. The molecule has 3 aromatic rings. The highest BCUT2D eigenvalue weighted by Crippen LogP contribution is 2.27. The zero-order valence-corrected chi connectivity index (χ0v) is 10.8. The fourth-order valence-corrected chi connectivity index (χ4v) is 1.86. The summed E-state index contributed by atoms with van der Waals surface area (Å²) < 4.78 is 20.7. The van der Waals surface area contributed by atoms with Gasteiger partial charge in [0.05, 0.1) is 5.69 Å². The van der Waals surface area contributed by atoms with Crippen molar-refractivity contribution in [3.8, 4) is 23.3 Å². The molecule has 1 heterocycles. The zero-order valence-electron chi connectivity index (χ0n) is 10.8. The number of aromatic nitrogens is 3. The molecule has 102 valence electrons. The molecule has 21 heavy (non-hydrogen) atoms. The smallest absolute Gasteiger partial charge is 0.148 e. The molecule has 0 saturated heterocycles. The predicted octanol–water partition coefficient (Wildman–Crippen LogP) is 3.07. The number of halogens is 1.